The molecule has 0 aliphatic heterocycles. The predicted octanol–water partition coefficient (Wildman–Crippen LogP) is 1.72. The van der Waals surface area contributed by atoms with Gasteiger partial charge in [-0.05, 0) is 30.8 Å². The quantitative estimate of drug-likeness (QED) is 0.759. The molecule has 1 amide bonds. The molecule has 0 bridgehead atoms. The topological polar surface area (TPSA) is 61.8 Å². The number of likely N-dealkylation sites (N-methyl/N-ethyl adjacent to an activating group) is 1. The van der Waals surface area contributed by atoms with Crippen molar-refractivity contribution in [2.24, 2.45) is 0 Å². The Balaban J connectivity index is 2.44. The molecule has 21 heavy (non-hydrogen) atoms. The number of hydrogen-bond donors (Lipinski definition) is 2. The van der Waals surface area contributed by atoms with Crippen LogP contribution in [0.25, 0.3) is 0 Å². The average molecular weight is 335 g/mol. The van der Waals surface area contributed by atoms with Crippen LogP contribution in [-0.2, 0) is 9.53 Å². The number of ether oxygens (including phenoxy) is 1. The number of rotatable bonds is 8. The number of nitrogens with zero attached hydrogens (tertiary/aromatic N) is 1. The van der Waals surface area contributed by atoms with Gasteiger partial charge in [0.2, 0.25) is 0 Å². The molecular formula is C14H20Cl2N2O3. The van der Waals surface area contributed by atoms with Crippen LogP contribution in [0.1, 0.15) is 11.7 Å². The van der Waals surface area contributed by atoms with E-state index >= 15 is 0 Å². The number of amides is 1. The van der Waals surface area contributed by atoms with Crippen molar-refractivity contribution in [3.8, 4) is 0 Å². The Kier molecular flexibility index (Phi) is 8.00. The number of methoxy groups -OCH3 is 1. The molecule has 1 atom stereocenters. The highest BCUT2D eigenvalue weighted by molar-refractivity contribution is 6.34. The van der Waals surface area contributed by atoms with Gasteiger partial charge in [0.05, 0.1) is 6.61 Å². The van der Waals surface area contributed by atoms with E-state index in [1.807, 2.05) is 11.9 Å². The van der Waals surface area contributed by atoms with Crippen LogP contribution in [0.5, 0.6) is 0 Å². The lowest BCUT2D eigenvalue weighted by atomic mass is 10.1. The molecule has 1 rings (SSSR count). The van der Waals surface area contributed by atoms with Crippen LogP contribution in [0.2, 0.25) is 10.0 Å². The van der Waals surface area contributed by atoms with E-state index in [-0.39, 0.29) is 0 Å². The molecule has 2 N–H and O–H groups in total. The summed E-state index contributed by atoms with van der Waals surface area (Å²) in [6.07, 6.45) is -1.29. The Bertz CT molecular complexity index is 451. The molecular weight excluding hydrogens is 315 g/mol. The molecule has 0 spiro atoms. The van der Waals surface area contributed by atoms with E-state index < -0.39 is 12.0 Å². The summed E-state index contributed by atoms with van der Waals surface area (Å²) in [7, 11) is 3.57. The Hall–Kier alpha value is -0.850. The number of aliphatic hydroxyl groups excluding tert-OH is 1. The zero-order valence-corrected chi connectivity index (χ0v) is 13.6. The van der Waals surface area contributed by atoms with Gasteiger partial charge in [-0.25, -0.2) is 0 Å². The summed E-state index contributed by atoms with van der Waals surface area (Å²) in [4.78, 5) is 13.9. The van der Waals surface area contributed by atoms with Crippen molar-refractivity contribution in [1.29, 1.82) is 0 Å². The molecule has 0 saturated heterocycles. The zero-order chi connectivity index (χ0) is 15.8. The molecule has 118 valence electrons. The first-order chi connectivity index (χ1) is 9.93. The lowest BCUT2D eigenvalue weighted by Gasteiger charge is -2.17. The SMILES string of the molecule is COCCN(C)CCNC(=O)C(O)c1cc(Cl)cc(Cl)c1. The number of halogens is 2. The summed E-state index contributed by atoms with van der Waals surface area (Å²) in [5.74, 6) is -0.478. The van der Waals surface area contributed by atoms with Crippen LogP contribution in [0.15, 0.2) is 18.2 Å². The molecule has 0 aliphatic rings. The average Bonchev–Trinajstić information content (AvgIpc) is 2.43. The molecule has 0 aliphatic carbocycles. The van der Waals surface area contributed by atoms with Crippen LogP contribution < -0.4 is 5.32 Å². The Morgan fingerprint density at radius 1 is 1.33 bits per heavy atom. The van der Waals surface area contributed by atoms with Crippen molar-refractivity contribution in [1.82, 2.24) is 10.2 Å². The van der Waals surface area contributed by atoms with Crippen molar-refractivity contribution < 1.29 is 14.6 Å². The van der Waals surface area contributed by atoms with Gasteiger partial charge in [-0.2, -0.15) is 0 Å². The van der Waals surface area contributed by atoms with Gasteiger partial charge in [-0.1, -0.05) is 23.2 Å². The number of aliphatic hydroxyl groups is 1. The second-order valence-corrected chi connectivity index (χ2v) is 5.57. The highest BCUT2D eigenvalue weighted by atomic mass is 35.5. The summed E-state index contributed by atoms with van der Waals surface area (Å²) >= 11 is 11.7. The third kappa shape index (κ3) is 6.63. The van der Waals surface area contributed by atoms with Gasteiger partial charge in [-0.3, -0.25) is 4.79 Å². The van der Waals surface area contributed by atoms with Crippen molar-refractivity contribution in [3.63, 3.8) is 0 Å². The molecule has 0 fully saturated rings. The molecule has 1 aromatic carbocycles. The van der Waals surface area contributed by atoms with Crippen molar-refractivity contribution in [3.05, 3.63) is 33.8 Å². The number of carbonyl (C=O) groups is 1. The standard InChI is InChI=1S/C14H20Cl2N2O3/c1-18(5-6-21-2)4-3-17-14(20)13(19)10-7-11(15)9-12(16)8-10/h7-9,13,19H,3-6H2,1-2H3,(H,17,20). The Labute approximate surface area is 134 Å². The van der Waals surface area contributed by atoms with Crippen molar-refractivity contribution in [2.75, 3.05) is 40.4 Å². The highest BCUT2D eigenvalue weighted by Gasteiger charge is 2.18. The van der Waals surface area contributed by atoms with Gasteiger partial charge < -0.3 is 20.1 Å². The maximum Gasteiger partial charge on any atom is 0.253 e. The molecule has 1 aromatic rings. The zero-order valence-electron chi connectivity index (χ0n) is 12.1. The lowest BCUT2D eigenvalue weighted by molar-refractivity contribution is -0.129. The maximum absolute atomic E-state index is 11.9. The molecule has 0 saturated carbocycles. The number of benzene rings is 1. The normalized spacial score (nSPS) is 12.5. The van der Waals surface area contributed by atoms with Gasteiger partial charge in [0, 0.05) is 36.8 Å². The van der Waals surface area contributed by atoms with Crippen molar-refractivity contribution >= 4 is 29.1 Å². The Morgan fingerprint density at radius 3 is 2.52 bits per heavy atom. The smallest absolute Gasteiger partial charge is 0.253 e. The molecule has 0 heterocycles. The summed E-state index contributed by atoms with van der Waals surface area (Å²) in [5, 5.41) is 13.4. The number of nitrogens with one attached hydrogen (secondary N) is 1. The maximum atomic E-state index is 11.9. The molecule has 1 unspecified atom stereocenters. The van der Waals surface area contributed by atoms with Gasteiger partial charge in [-0.15, -0.1) is 0 Å². The lowest BCUT2D eigenvalue weighted by Crippen LogP contribution is -2.36. The summed E-state index contributed by atoms with van der Waals surface area (Å²) < 4.78 is 4.96. The van der Waals surface area contributed by atoms with E-state index in [4.69, 9.17) is 27.9 Å². The number of carbonyl (C=O) groups excluding carboxylic acids is 1. The second kappa shape index (κ2) is 9.23. The second-order valence-electron chi connectivity index (χ2n) is 4.69. The Morgan fingerprint density at radius 2 is 1.95 bits per heavy atom. The summed E-state index contributed by atoms with van der Waals surface area (Å²) in [6, 6.07) is 4.58. The minimum absolute atomic E-state index is 0.373. The predicted molar refractivity (Wildman–Crippen MR) is 83.8 cm³/mol. The van der Waals surface area contributed by atoms with Crippen molar-refractivity contribution in [2.45, 2.75) is 6.10 Å². The fourth-order valence-corrected chi connectivity index (χ4v) is 2.25. The fourth-order valence-electron chi connectivity index (χ4n) is 1.71. The first-order valence-corrected chi connectivity index (χ1v) is 7.29. The first kappa shape index (κ1) is 18.2. The highest BCUT2D eigenvalue weighted by Crippen LogP contribution is 2.23. The molecule has 7 heteroatoms. The van der Waals surface area contributed by atoms with E-state index in [1.165, 1.54) is 12.1 Å². The largest absolute Gasteiger partial charge is 0.383 e. The summed E-state index contributed by atoms with van der Waals surface area (Å²) in [5.41, 5.74) is 0.373. The molecule has 5 nitrogen and oxygen atoms in total. The third-order valence-electron chi connectivity index (χ3n) is 2.92. The van der Waals surface area contributed by atoms with Crippen LogP contribution in [0, 0.1) is 0 Å². The minimum Gasteiger partial charge on any atom is -0.383 e. The monoisotopic (exact) mass is 334 g/mol. The van der Waals surface area contributed by atoms with Gasteiger partial charge in [0.1, 0.15) is 0 Å². The van der Waals surface area contributed by atoms with E-state index in [0.29, 0.717) is 35.3 Å². The van der Waals surface area contributed by atoms with E-state index in [9.17, 15) is 9.90 Å². The van der Waals surface area contributed by atoms with Crippen LogP contribution >= 0.6 is 23.2 Å². The minimum atomic E-state index is -1.29. The van der Waals surface area contributed by atoms with Gasteiger partial charge in [0.15, 0.2) is 6.10 Å². The van der Waals surface area contributed by atoms with E-state index in [2.05, 4.69) is 5.32 Å². The van der Waals surface area contributed by atoms with E-state index in [0.717, 1.165) is 6.54 Å². The fraction of sp³-hybridized carbons (Fsp3) is 0.500. The van der Waals surface area contributed by atoms with Crippen LogP contribution in [0.4, 0.5) is 0 Å². The number of hydrogen-bond acceptors (Lipinski definition) is 4. The summed E-state index contributed by atoms with van der Waals surface area (Å²) in [6.45, 7) is 2.51. The molecule has 0 radical (unpaired) electrons. The van der Waals surface area contributed by atoms with E-state index in [1.54, 1.807) is 13.2 Å². The van der Waals surface area contributed by atoms with Gasteiger partial charge >= 0.3 is 0 Å². The van der Waals surface area contributed by atoms with Gasteiger partial charge in [0.25, 0.3) is 5.91 Å². The van der Waals surface area contributed by atoms with Crippen LogP contribution in [-0.4, -0.2) is 56.3 Å². The molecule has 0 aromatic heterocycles. The first-order valence-electron chi connectivity index (χ1n) is 6.53. The third-order valence-corrected chi connectivity index (χ3v) is 3.36. The van der Waals surface area contributed by atoms with Crippen LogP contribution in [0.3, 0.4) is 0 Å².